The number of thiophene rings is 1. The summed E-state index contributed by atoms with van der Waals surface area (Å²) in [6.07, 6.45) is 0.536. The van der Waals surface area contributed by atoms with Gasteiger partial charge in [-0.15, -0.1) is 11.3 Å². The molecule has 170 valence electrons. The molecule has 33 heavy (non-hydrogen) atoms. The van der Waals surface area contributed by atoms with Crippen molar-refractivity contribution in [3.05, 3.63) is 76.7 Å². The molecular weight excluding hydrogens is 460 g/mol. The zero-order valence-corrected chi connectivity index (χ0v) is 19.4. The molecule has 2 N–H and O–H groups in total. The Kier molecular flexibility index (Phi) is 5.34. The van der Waals surface area contributed by atoms with Gasteiger partial charge in [-0.05, 0) is 59.7 Å². The molecule has 1 aromatic heterocycles. The van der Waals surface area contributed by atoms with E-state index in [9.17, 15) is 18.0 Å². The summed E-state index contributed by atoms with van der Waals surface area (Å²) < 4.78 is 27.4. The zero-order chi connectivity index (χ0) is 23.2. The number of carbonyl (C=O) groups is 2. The number of nitrogens with zero attached hydrogens (tertiary/aromatic N) is 2. The molecule has 0 saturated carbocycles. The molecule has 2 aliphatic heterocycles. The average Bonchev–Trinajstić information content (AvgIpc) is 3.52. The topological polar surface area (TPSA) is 98.8 Å². The summed E-state index contributed by atoms with van der Waals surface area (Å²) in [7, 11) is -4.03. The van der Waals surface area contributed by atoms with Crippen molar-refractivity contribution in [3.63, 3.8) is 0 Å². The summed E-state index contributed by atoms with van der Waals surface area (Å²) in [6, 6.07) is 14.5. The van der Waals surface area contributed by atoms with Crippen molar-refractivity contribution in [1.82, 2.24) is 9.62 Å². The molecule has 3 aromatic rings. The second kappa shape index (κ2) is 8.20. The molecule has 0 spiro atoms. The molecule has 2 aromatic carbocycles. The molecule has 1 saturated heterocycles. The predicted octanol–water partition coefficient (Wildman–Crippen LogP) is 4.11. The fourth-order valence-corrected chi connectivity index (χ4v) is 6.33. The third-order valence-electron chi connectivity index (χ3n) is 5.81. The van der Waals surface area contributed by atoms with Crippen LogP contribution < -0.4 is 15.5 Å². The second-order valence-corrected chi connectivity index (χ2v) is 10.8. The Hall–Kier alpha value is -3.37. The normalized spacial score (nSPS) is 17.7. The van der Waals surface area contributed by atoms with E-state index in [1.807, 2.05) is 48.7 Å². The number of sulfonamides is 1. The number of benzene rings is 2. The average molecular weight is 483 g/mol. The first-order valence-electron chi connectivity index (χ1n) is 10.5. The largest absolute Gasteiger partial charge is 0.331 e. The number of hydrogen-bond acceptors (Lipinski definition) is 5. The van der Waals surface area contributed by atoms with Gasteiger partial charge < -0.3 is 5.32 Å². The molecule has 1 unspecified atom stereocenters. The van der Waals surface area contributed by atoms with E-state index in [1.54, 1.807) is 17.0 Å². The van der Waals surface area contributed by atoms with Crippen LogP contribution in [0.2, 0.25) is 0 Å². The number of fused-ring (bicyclic) bond motifs is 1. The third kappa shape index (κ3) is 3.96. The minimum Gasteiger partial charge on any atom is -0.328 e. The molecule has 1 fully saturated rings. The highest BCUT2D eigenvalue weighted by molar-refractivity contribution is 7.89. The van der Waals surface area contributed by atoms with Crippen LogP contribution in [0.5, 0.6) is 0 Å². The molecule has 2 aliphatic rings. The van der Waals surface area contributed by atoms with Crippen LogP contribution >= 0.6 is 11.3 Å². The van der Waals surface area contributed by atoms with Gasteiger partial charge in [-0.2, -0.15) is 0 Å². The summed E-state index contributed by atoms with van der Waals surface area (Å²) in [5, 5.41) is 8.35. The Morgan fingerprint density at radius 2 is 1.94 bits per heavy atom. The van der Waals surface area contributed by atoms with Crippen LogP contribution in [0.4, 0.5) is 20.3 Å². The van der Waals surface area contributed by atoms with Crippen molar-refractivity contribution in [1.29, 1.82) is 0 Å². The van der Waals surface area contributed by atoms with Crippen LogP contribution in [0, 0.1) is 6.92 Å². The molecule has 0 bridgehead atoms. The lowest BCUT2D eigenvalue weighted by molar-refractivity contribution is 0.235. The first-order valence-corrected chi connectivity index (χ1v) is 12.8. The first kappa shape index (κ1) is 21.5. The molecule has 0 radical (unpaired) electrons. The maximum atomic E-state index is 13.3. The van der Waals surface area contributed by atoms with Crippen LogP contribution in [0.25, 0.3) is 0 Å². The second-order valence-electron chi connectivity index (χ2n) is 8.06. The quantitative estimate of drug-likeness (QED) is 0.585. The van der Waals surface area contributed by atoms with Crippen LogP contribution in [0.1, 0.15) is 22.7 Å². The van der Waals surface area contributed by atoms with E-state index in [0.29, 0.717) is 18.7 Å². The van der Waals surface area contributed by atoms with Crippen LogP contribution in [-0.4, -0.2) is 37.9 Å². The van der Waals surface area contributed by atoms with Gasteiger partial charge in [-0.3, -0.25) is 10.2 Å². The van der Waals surface area contributed by atoms with Crippen molar-refractivity contribution in [2.24, 2.45) is 0 Å². The Bertz CT molecular complexity index is 1340. The van der Waals surface area contributed by atoms with Gasteiger partial charge >= 0.3 is 12.1 Å². The van der Waals surface area contributed by atoms with Gasteiger partial charge in [-0.1, -0.05) is 30.3 Å². The number of hydrogen-bond donors (Lipinski definition) is 2. The Morgan fingerprint density at radius 3 is 2.67 bits per heavy atom. The SMILES string of the molecule is Cc1csc(NC(=O)N2CCc3cc(S(=O)(=O)N4CC(c5ccccc5)NC4=O)ccc32)c1. The maximum Gasteiger partial charge on any atom is 0.331 e. The van der Waals surface area contributed by atoms with Crippen LogP contribution in [0.15, 0.2) is 64.9 Å². The highest BCUT2D eigenvalue weighted by Crippen LogP contribution is 2.33. The minimum absolute atomic E-state index is 0.0248. The Labute approximate surface area is 195 Å². The van der Waals surface area contributed by atoms with E-state index in [2.05, 4.69) is 10.6 Å². The lowest BCUT2D eigenvalue weighted by atomic mass is 10.1. The third-order valence-corrected chi connectivity index (χ3v) is 8.52. The molecule has 8 nitrogen and oxygen atoms in total. The minimum atomic E-state index is -4.03. The van der Waals surface area contributed by atoms with E-state index in [4.69, 9.17) is 0 Å². The van der Waals surface area contributed by atoms with Gasteiger partial charge in [0.1, 0.15) is 0 Å². The van der Waals surface area contributed by atoms with E-state index in [-0.39, 0.29) is 17.5 Å². The lowest BCUT2D eigenvalue weighted by Crippen LogP contribution is -2.34. The molecule has 5 rings (SSSR count). The number of anilines is 2. The van der Waals surface area contributed by atoms with Gasteiger partial charge in [-0.25, -0.2) is 22.3 Å². The van der Waals surface area contributed by atoms with Crippen LogP contribution in [0.3, 0.4) is 0 Å². The molecule has 0 aliphatic carbocycles. The van der Waals surface area contributed by atoms with Gasteiger partial charge in [0, 0.05) is 12.2 Å². The summed E-state index contributed by atoms with van der Waals surface area (Å²) in [5.74, 6) is 0. The van der Waals surface area contributed by atoms with Gasteiger partial charge in [0.25, 0.3) is 10.0 Å². The van der Waals surface area contributed by atoms with E-state index >= 15 is 0 Å². The molecule has 3 heterocycles. The highest BCUT2D eigenvalue weighted by atomic mass is 32.2. The molecular formula is C23H22N4O4S2. The van der Waals surface area contributed by atoms with Gasteiger partial charge in [0.2, 0.25) is 0 Å². The van der Waals surface area contributed by atoms with E-state index < -0.39 is 22.1 Å². The fourth-order valence-electron chi connectivity index (χ4n) is 4.14. The monoisotopic (exact) mass is 482 g/mol. The van der Waals surface area contributed by atoms with Crippen molar-refractivity contribution in [3.8, 4) is 0 Å². The van der Waals surface area contributed by atoms with Crippen molar-refractivity contribution < 1.29 is 18.0 Å². The number of aryl methyl sites for hydroxylation is 1. The van der Waals surface area contributed by atoms with Gasteiger partial charge in [0.15, 0.2) is 0 Å². The smallest absolute Gasteiger partial charge is 0.328 e. The highest BCUT2D eigenvalue weighted by Gasteiger charge is 2.39. The predicted molar refractivity (Wildman–Crippen MR) is 127 cm³/mol. The maximum absolute atomic E-state index is 13.3. The van der Waals surface area contributed by atoms with Gasteiger partial charge in [0.05, 0.1) is 22.5 Å². The summed E-state index contributed by atoms with van der Waals surface area (Å²) in [5.41, 5.74) is 3.35. The number of urea groups is 2. The fraction of sp³-hybridized carbons (Fsp3) is 0.217. The molecule has 1 atom stereocenters. The number of rotatable bonds is 4. The molecule has 4 amide bonds. The van der Waals surface area contributed by atoms with Crippen molar-refractivity contribution >= 4 is 44.1 Å². The van der Waals surface area contributed by atoms with E-state index in [0.717, 1.165) is 26.0 Å². The number of carbonyl (C=O) groups excluding carboxylic acids is 2. The van der Waals surface area contributed by atoms with E-state index in [1.165, 1.54) is 17.4 Å². The summed E-state index contributed by atoms with van der Waals surface area (Å²) in [4.78, 5) is 26.9. The first-order chi connectivity index (χ1) is 15.8. The number of nitrogens with one attached hydrogen (secondary N) is 2. The number of amides is 4. The Morgan fingerprint density at radius 1 is 1.15 bits per heavy atom. The van der Waals surface area contributed by atoms with Crippen molar-refractivity contribution in [2.45, 2.75) is 24.3 Å². The van der Waals surface area contributed by atoms with Crippen molar-refractivity contribution in [2.75, 3.05) is 23.3 Å². The Balaban J connectivity index is 1.35. The molecule has 10 heteroatoms. The van der Waals surface area contributed by atoms with Crippen LogP contribution in [-0.2, 0) is 16.4 Å². The lowest BCUT2D eigenvalue weighted by Gasteiger charge is -2.19. The standard InChI is InChI=1S/C23H22N4O4S2/c1-15-11-21(32-14-15)25-22(28)26-10-9-17-12-18(7-8-20(17)26)33(30,31)27-13-19(24-23(27)29)16-5-3-2-4-6-16/h2-8,11-12,14,19H,9-10,13H2,1H3,(H,24,29)(H,25,28). The summed E-state index contributed by atoms with van der Waals surface area (Å²) in [6.45, 7) is 2.44. The zero-order valence-electron chi connectivity index (χ0n) is 17.8. The summed E-state index contributed by atoms with van der Waals surface area (Å²) >= 11 is 1.46.